The summed E-state index contributed by atoms with van der Waals surface area (Å²) in [5, 5.41) is 11.7. The molecule has 0 bridgehead atoms. The Kier molecular flexibility index (Phi) is 5.96. The maximum absolute atomic E-state index is 9.74. The van der Waals surface area contributed by atoms with Gasteiger partial charge in [0.25, 0.3) is 0 Å². The molecule has 5 rings (SSSR count). The number of benzene rings is 3. The van der Waals surface area contributed by atoms with Crippen LogP contribution in [-0.2, 0) is 4.74 Å². The lowest BCUT2D eigenvalue weighted by atomic mass is 10.1. The molecular weight excluding hydrogens is 402 g/mol. The molecule has 0 spiro atoms. The van der Waals surface area contributed by atoms with Crippen molar-refractivity contribution in [3.8, 4) is 34.3 Å². The minimum Gasteiger partial charge on any atom is -0.508 e. The molecule has 0 radical (unpaired) electrons. The molecule has 0 atom stereocenters. The van der Waals surface area contributed by atoms with Crippen molar-refractivity contribution in [1.29, 1.82) is 0 Å². The van der Waals surface area contributed by atoms with E-state index in [1.807, 2.05) is 60.7 Å². The quantitative estimate of drug-likeness (QED) is 0.493. The van der Waals surface area contributed by atoms with Crippen LogP contribution in [0.4, 0.5) is 0 Å². The van der Waals surface area contributed by atoms with E-state index in [1.54, 1.807) is 12.1 Å². The van der Waals surface area contributed by atoms with Gasteiger partial charge in [-0.15, -0.1) is 0 Å². The van der Waals surface area contributed by atoms with E-state index in [1.165, 1.54) is 0 Å². The number of hydrogen-bond donors (Lipinski definition) is 1. The van der Waals surface area contributed by atoms with Crippen molar-refractivity contribution in [2.45, 2.75) is 0 Å². The van der Waals surface area contributed by atoms with Gasteiger partial charge in [0, 0.05) is 36.8 Å². The highest BCUT2D eigenvalue weighted by Crippen LogP contribution is 2.28. The van der Waals surface area contributed by atoms with Gasteiger partial charge in [0.2, 0.25) is 5.88 Å². The highest BCUT2D eigenvalue weighted by molar-refractivity contribution is 5.87. The molecule has 0 saturated carbocycles. The predicted molar refractivity (Wildman–Crippen MR) is 125 cm³/mol. The number of aromatic hydroxyl groups is 1. The molecule has 1 fully saturated rings. The summed E-state index contributed by atoms with van der Waals surface area (Å²) in [6.45, 7) is 4.80. The first kappa shape index (κ1) is 20.4. The number of phenols is 1. The van der Waals surface area contributed by atoms with E-state index in [-0.39, 0.29) is 5.75 Å². The number of fused-ring (bicyclic) bond motifs is 1. The summed E-state index contributed by atoms with van der Waals surface area (Å²) in [6, 6.07) is 23.3. The molecule has 1 aliphatic rings. The fourth-order valence-corrected chi connectivity index (χ4v) is 3.86. The smallest absolute Gasteiger partial charge is 0.217 e. The molecule has 162 valence electrons. The first-order chi connectivity index (χ1) is 15.7. The molecular formula is C26H25N3O3. The molecule has 32 heavy (non-hydrogen) atoms. The van der Waals surface area contributed by atoms with Crippen molar-refractivity contribution < 1.29 is 14.6 Å². The van der Waals surface area contributed by atoms with Crippen LogP contribution in [-0.4, -0.2) is 59.4 Å². The van der Waals surface area contributed by atoms with Crippen LogP contribution < -0.4 is 4.74 Å². The highest BCUT2D eigenvalue weighted by atomic mass is 16.5. The van der Waals surface area contributed by atoms with E-state index < -0.39 is 0 Å². The van der Waals surface area contributed by atoms with E-state index in [0.717, 1.165) is 60.4 Å². The van der Waals surface area contributed by atoms with Crippen LogP contribution in [0.5, 0.6) is 11.6 Å². The lowest BCUT2D eigenvalue weighted by Gasteiger charge is -2.26. The maximum Gasteiger partial charge on any atom is 0.217 e. The molecule has 0 amide bonds. The number of rotatable bonds is 6. The van der Waals surface area contributed by atoms with Crippen LogP contribution >= 0.6 is 0 Å². The summed E-state index contributed by atoms with van der Waals surface area (Å²) in [7, 11) is 0. The van der Waals surface area contributed by atoms with Crippen LogP contribution in [0.15, 0.2) is 72.8 Å². The largest absolute Gasteiger partial charge is 0.508 e. The molecule has 6 heteroatoms. The Hall–Kier alpha value is -3.48. The van der Waals surface area contributed by atoms with Gasteiger partial charge in [0.15, 0.2) is 5.82 Å². The monoisotopic (exact) mass is 427 g/mol. The molecule has 1 N–H and O–H groups in total. The lowest BCUT2D eigenvalue weighted by Crippen LogP contribution is -2.38. The van der Waals surface area contributed by atoms with Crippen molar-refractivity contribution in [3.63, 3.8) is 0 Å². The van der Waals surface area contributed by atoms with Crippen molar-refractivity contribution in [2.75, 3.05) is 39.5 Å². The summed E-state index contributed by atoms with van der Waals surface area (Å²) in [6.07, 6.45) is 0. The normalized spacial score (nSPS) is 14.5. The number of phenolic OH excluding ortho intramolecular Hbond substituents is 1. The summed E-state index contributed by atoms with van der Waals surface area (Å²) in [4.78, 5) is 11.9. The average Bonchev–Trinajstić information content (AvgIpc) is 2.85. The van der Waals surface area contributed by atoms with Gasteiger partial charge in [0.1, 0.15) is 12.4 Å². The SMILES string of the molecule is Oc1ccc2cc(-c3nc(OCCN4CCOCC4)cc(-c4ccccc4)n3)ccc2c1. The summed E-state index contributed by atoms with van der Waals surface area (Å²) in [5.74, 6) is 1.43. The topological polar surface area (TPSA) is 67.7 Å². The van der Waals surface area contributed by atoms with Crippen LogP contribution in [0.3, 0.4) is 0 Å². The number of aromatic nitrogens is 2. The Morgan fingerprint density at radius 2 is 1.62 bits per heavy atom. The van der Waals surface area contributed by atoms with Crippen LogP contribution in [0.25, 0.3) is 33.4 Å². The molecule has 0 aliphatic carbocycles. The summed E-state index contributed by atoms with van der Waals surface area (Å²) >= 11 is 0. The van der Waals surface area contributed by atoms with E-state index in [4.69, 9.17) is 19.4 Å². The molecule has 1 aliphatic heterocycles. The number of hydrogen-bond acceptors (Lipinski definition) is 6. The Morgan fingerprint density at radius 3 is 2.47 bits per heavy atom. The molecule has 1 aromatic heterocycles. The third-order valence-electron chi connectivity index (χ3n) is 5.62. The fraction of sp³-hybridized carbons (Fsp3) is 0.231. The molecule has 2 heterocycles. The van der Waals surface area contributed by atoms with Gasteiger partial charge in [-0.3, -0.25) is 4.90 Å². The first-order valence-corrected chi connectivity index (χ1v) is 10.9. The molecule has 0 unspecified atom stereocenters. The zero-order valence-corrected chi connectivity index (χ0v) is 17.8. The van der Waals surface area contributed by atoms with E-state index in [2.05, 4.69) is 4.90 Å². The predicted octanol–water partition coefficient (Wildman–Crippen LogP) is 4.38. The van der Waals surface area contributed by atoms with E-state index in [0.29, 0.717) is 18.3 Å². The molecule has 6 nitrogen and oxygen atoms in total. The van der Waals surface area contributed by atoms with Crippen LogP contribution in [0.2, 0.25) is 0 Å². The minimum absolute atomic E-state index is 0.253. The van der Waals surface area contributed by atoms with Gasteiger partial charge in [-0.1, -0.05) is 48.5 Å². The Morgan fingerprint density at radius 1 is 0.844 bits per heavy atom. The Bertz CT molecular complexity index is 1210. The van der Waals surface area contributed by atoms with E-state index in [9.17, 15) is 5.11 Å². The van der Waals surface area contributed by atoms with Crippen molar-refractivity contribution >= 4 is 10.8 Å². The second kappa shape index (κ2) is 9.34. The standard InChI is InChI=1S/C26H25N3O3/c30-23-9-8-20-16-22(7-6-21(20)17-23)26-27-24(19-4-2-1-3-5-19)18-25(28-26)32-15-12-29-10-13-31-14-11-29/h1-9,16-18,30H,10-15H2. The van der Waals surface area contributed by atoms with Gasteiger partial charge in [-0.2, -0.15) is 4.98 Å². The van der Waals surface area contributed by atoms with Gasteiger partial charge in [0.05, 0.1) is 18.9 Å². The molecule has 3 aromatic carbocycles. The summed E-state index contributed by atoms with van der Waals surface area (Å²) in [5.41, 5.74) is 2.74. The third-order valence-corrected chi connectivity index (χ3v) is 5.62. The Balaban J connectivity index is 1.45. The zero-order chi connectivity index (χ0) is 21.8. The van der Waals surface area contributed by atoms with Crippen LogP contribution in [0.1, 0.15) is 0 Å². The van der Waals surface area contributed by atoms with Gasteiger partial charge < -0.3 is 14.6 Å². The molecule has 1 saturated heterocycles. The second-order valence-electron chi connectivity index (χ2n) is 7.83. The second-order valence-corrected chi connectivity index (χ2v) is 7.83. The van der Waals surface area contributed by atoms with Gasteiger partial charge in [-0.25, -0.2) is 4.98 Å². The first-order valence-electron chi connectivity index (χ1n) is 10.9. The van der Waals surface area contributed by atoms with Crippen molar-refractivity contribution in [3.05, 3.63) is 72.8 Å². The average molecular weight is 428 g/mol. The lowest BCUT2D eigenvalue weighted by molar-refractivity contribution is 0.0320. The summed E-state index contributed by atoms with van der Waals surface area (Å²) < 4.78 is 11.5. The highest BCUT2D eigenvalue weighted by Gasteiger charge is 2.13. The third kappa shape index (κ3) is 4.72. The Labute approximate surface area is 187 Å². The maximum atomic E-state index is 9.74. The number of morpholine rings is 1. The number of nitrogens with zero attached hydrogens (tertiary/aromatic N) is 3. The van der Waals surface area contributed by atoms with Crippen molar-refractivity contribution in [1.82, 2.24) is 14.9 Å². The van der Waals surface area contributed by atoms with Crippen molar-refractivity contribution in [2.24, 2.45) is 0 Å². The zero-order valence-electron chi connectivity index (χ0n) is 17.8. The van der Waals surface area contributed by atoms with Crippen LogP contribution in [0, 0.1) is 0 Å². The van der Waals surface area contributed by atoms with Gasteiger partial charge >= 0.3 is 0 Å². The fourth-order valence-electron chi connectivity index (χ4n) is 3.86. The minimum atomic E-state index is 0.253. The molecule has 4 aromatic rings. The number of ether oxygens (including phenoxy) is 2. The van der Waals surface area contributed by atoms with E-state index >= 15 is 0 Å². The van der Waals surface area contributed by atoms with Gasteiger partial charge in [-0.05, 0) is 29.0 Å².